The largest absolute Gasteiger partial charge is 0.381 e. The maximum Gasteiger partial charge on any atom is 0.326 e. The molecule has 1 fully saturated rings. The van der Waals surface area contributed by atoms with Crippen molar-refractivity contribution in [2.24, 2.45) is 5.41 Å². The van der Waals surface area contributed by atoms with Gasteiger partial charge in [0.15, 0.2) is 0 Å². The summed E-state index contributed by atoms with van der Waals surface area (Å²) >= 11 is 0. The second-order valence-electron chi connectivity index (χ2n) is 8.76. The Hall–Kier alpha value is -1.62. The lowest BCUT2D eigenvalue weighted by atomic mass is 9.76. The number of methoxy groups -OCH3 is 1. The Balaban J connectivity index is 0.000000237. The Bertz CT molecular complexity index is 777. The van der Waals surface area contributed by atoms with Crippen LogP contribution in [0.5, 0.6) is 0 Å². The Morgan fingerprint density at radius 1 is 1.21 bits per heavy atom. The third-order valence-electron chi connectivity index (χ3n) is 5.93. The van der Waals surface area contributed by atoms with Crippen LogP contribution in [0.25, 0.3) is 11.0 Å². The number of aromatic nitrogens is 2. The number of nitrogens with one attached hydrogen (secondary N) is 1. The van der Waals surface area contributed by atoms with E-state index in [1.807, 2.05) is 7.11 Å². The highest BCUT2D eigenvalue weighted by Gasteiger charge is 2.26. The summed E-state index contributed by atoms with van der Waals surface area (Å²) in [5, 5.41) is 0. The zero-order valence-corrected chi connectivity index (χ0v) is 18.2. The number of hydrogen-bond acceptors (Lipinski definition) is 2. The molecule has 1 saturated carbocycles. The molecule has 0 saturated heterocycles. The Morgan fingerprint density at radius 2 is 1.82 bits per heavy atom. The van der Waals surface area contributed by atoms with Crippen LogP contribution in [0.15, 0.2) is 23.0 Å². The van der Waals surface area contributed by atoms with E-state index in [2.05, 4.69) is 32.7 Å². The molecule has 0 unspecified atom stereocenters. The Labute approximate surface area is 168 Å². The maximum absolute atomic E-state index is 13.6. The van der Waals surface area contributed by atoms with Crippen LogP contribution in [0.2, 0.25) is 0 Å². The predicted molar refractivity (Wildman–Crippen MR) is 114 cm³/mol. The zero-order valence-electron chi connectivity index (χ0n) is 18.2. The monoisotopic (exact) mass is 392 g/mol. The van der Waals surface area contributed by atoms with Gasteiger partial charge >= 0.3 is 5.69 Å². The predicted octanol–water partition coefficient (Wildman–Crippen LogP) is 6.21. The van der Waals surface area contributed by atoms with Crippen LogP contribution in [0, 0.1) is 11.2 Å². The van der Waals surface area contributed by atoms with Crippen LogP contribution in [-0.2, 0) is 4.74 Å². The lowest BCUT2D eigenvalue weighted by Gasteiger charge is -2.33. The Kier molecular flexibility index (Phi) is 8.29. The maximum atomic E-state index is 13.6. The van der Waals surface area contributed by atoms with Gasteiger partial charge in [0.1, 0.15) is 11.3 Å². The topological polar surface area (TPSA) is 47.0 Å². The first-order valence-corrected chi connectivity index (χ1v) is 10.7. The fourth-order valence-corrected chi connectivity index (χ4v) is 4.15. The molecule has 2 aromatic rings. The molecule has 4 nitrogen and oxygen atoms in total. The van der Waals surface area contributed by atoms with Crippen LogP contribution in [-0.4, -0.2) is 22.8 Å². The first-order chi connectivity index (χ1) is 13.3. The summed E-state index contributed by atoms with van der Waals surface area (Å²) in [6, 6.07) is 4.98. The molecule has 1 N–H and O–H groups in total. The Morgan fingerprint density at radius 3 is 2.36 bits per heavy atom. The number of imidazole rings is 1. The van der Waals surface area contributed by atoms with Crippen molar-refractivity contribution in [3.05, 3.63) is 34.5 Å². The number of halogens is 1. The third-order valence-corrected chi connectivity index (χ3v) is 5.93. The van der Waals surface area contributed by atoms with Crippen molar-refractivity contribution in [1.29, 1.82) is 0 Å². The molecular formula is C23H37FN2O2. The minimum absolute atomic E-state index is 0.156. The molecule has 1 aromatic heterocycles. The quantitative estimate of drug-likeness (QED) is 0.635. The SMILES string of the molecule is CCCC(CCC)n1c(=O)[nH]c2c(F)cccc21.COC1CCC(C)(C)CC1. The van der Waals surface area contributed by atoms with Gasteiger partial charge < -0.3 is 9.72 Å². The van der Waals surface area contributed by atoms with Gasteiger partial charge in [-0.25, -0.2) is 9.18 Å². The number of fused-ring (bicyclic) bond motifs is 1. The number of benzene rings is 1. The summed E-state index contributed by atoms with van der Waals surface area (Å²) < 4.78 is 20.6. The van der Waals surface area contributed by atoms with E-state index in [0.29, 0.717) is 22.6 Å². The van der Waals surface area contributed by atoms with E-state index in [1.165, 1.54) is 31.7 Å². The summed E-state index contributed by atoms with van der Waals surface area (Å²) in [4.78, 5) is 14.6. The number of aromatic amines is 1. The molecule has 0 aliphatic heterocycles. The molecule has 1 aromatic carbocycles. The van der Waals surface area contributed by atoms with E-state index in [0.717, 1.165) is 25.7 Å². The van der Waals surface area contributed by atoms with Crippen molar-refractivity contribution < 1.29 is 9.13 Å². The van der Waals surface area contributed by atoms with E-state index >= 15 is 0 Å². The van der Waals surface area contributed by atoms with E-state index in [9.17, 15) is 9.18 Å². The molecule has 1 heterocycles. The summed E-state index contributed by atoms with van der Waals surface area (Å²) in [7, 11) is 1.82. The van der Waals surface area contributed by atoms with Crippen molar-refractivity contribution in [2.45, 2.75) is 91.2 Å². The van der Waals surface area contributed by atoms with Crippen molar-refractivity contribution in [3.8, 4) is 0 Å². The summed E-state index contributed by atoms with van der Waals surface area (Å²) in [6.07, 6.45) is 9.62. The molecule has 3 rings (SSSR count). The van der Waals surface area contributed by atoms with Gasteiger partial charge in [-0.1, -0.05) is 46.6 Å². The number of hydrogen-bond donors (Lipinski definition) is 1. The van der Waals surface area contributed by atoms with Crippen LogP contribution in [0.3, 0.4) is 0 Å². The smallest absolute Gasteiger partial charge is 0.326 e. The average molecular weight is 393 g/mol. The molecule has 0 bridgehead atoms. The van der Waals surface area contributed by atoms with Gasteiger partial charge in [-0.15, -0.1) is 0 Å². The fourth-order valence-electron chi connectivity index (χ4n) is 4.15. The lowest BCUT2D eigenvalue weighted by molar-refractivity contribution is 0.0380. The molecule has 28 heavy (non-hydrogen) atoms. The summed E-state index contributed by atoms with van der Waals surface area (Å²) in [6.45, 7) is 8.89. The molecule has 1 aliphatic carbocycles. The number of nitrogens with zero attached hydrogens (tertiary/aromatic N) is 1. The second kappa shape index (κ2) is 10.2. The van der Waals surface area contributed by atoms with Crippen LogP contribution in [0.4, 0.5) is 4.39 Å². The molecule has 1 aliphatic rings. The van der Waals surface area contributed by atoms with E-state index in [-0.39, 0.29) is 17.5 Å². The highest BCUT2D eigenvalue weighted by Crippen LogP contribution is 2.35. The van der Waals surface area contributed by atoms with Crippen molar-refractivity contribution in [2.75, 3.05) is 7.11 Å². The molecular weight excluding hydrogens is 355 g/mol. The standard InChI is InChI=1S/C14H19FN2O.C9H18O/c1-3-6-10(7-4-2)17-12-9-5-8-11(15)13(12)16-14(17)18;1-9(2)6-4-8(10-3)5-7-9/h5,8-10H,3-4,6-7H2,1-2H3,(H,16,18);8H,4-7H2,1-3H3. The van der Waals surface area contributed by atoms with E-state index in [1.54, 1.807) is 16.7 Å². The number of para-hydroxylation sites is 1. The van der Waals surface area contributed by atoms with Gasteiger partial charge in [-0.05, 0) is 56.1 Å². The van der Waals surface area contributed by atoms with Crippen molar-refractivity contribution in [3.63, 3.8) is 0 Å². The first-order valence-electron chi connectivity index (χ1n) is 10.7. The van der Waals surface area contributed by atoms with Crippen LogP contribution >= 0.6 is 0 Å². The van der Waals surface area contributed by atoms with Gasteiger partial charge in [0.25, 0.3) is 0 Å². The van der Waals surface area contributed by atoms with Gasteiger partial charge in [-0.3, -0.25) is 4.57 Å². The molecule has 0 amide bonds. The molecule has 158 valence electrons. The summed E-state index contributed by atoms with van der Waals surface area (Å²) in [5.74, 6) is -0.366. The molecule has 0 radical (unpaired) electrons. The van der Waals surface area contributed by atoms with E-state index < -0.39 is 0 Å². The zero-order chi connectivity index (χ0) is 20.7. The minimum atomic E-state index is -0.366. The molecule has 5 heteroatoms. The number of ether oxygens (including phenoxy) is 1. The second-order valence-corrected chi connectivity index (χ2v) is 8.76. The first kappa shape index (κ1) is 22.7. The summed E-state index contributed by atoms with van der Waals surface area (Å²) in [5.41, 5.74) is 1.36. The lowest BCUT2D eigenvalue weighted by Crippen LogP contribution is -2.25. The van der Waals surface area contributed by atoms with Crippen LogP contribution < -0.4 is 5.69 Å². The van der Waals surface area contributed by atoms with Gasteiger partial charge in [0, 0.05) is 13.2 Å². The minimum Gasteiger partial charge on any atom is -0.381 e. The number of H-pyrrole nitrogens is 1. The number of rotatable bonds is 6. The molecule has 0 spiro atoms. The highest BCUT2D eigenvalue weighted by atomic mass is 19.1. The van der Waals surface area contributed by atoms with Gasteiger partial charge in [-0.2, -0.15) is 0 Å². The van der Waals surface area contributed by atoms with Crippen molar-refractivity contribution in [1.82, 2.24) is 9.55 Å². The fraction of sp³-hybridized carbons (Fsp3) is 0.696. The van der Waals surface area contributed by atoms with E-state index in [4.69, 9.17) is 4.74 Å². The van der Waals surface area contributed by atoms with Gasteiger partial charge in [0.2, 0.25) is 0 Å². The van der Waals surface area contributed by atoms with Crippen molar-refractivity contribution >= 4 is 11.0 Å². The van der Waals surface area contributed by atoms with Crippen LogP contribution in [0.1, 0.15) is 85.1 Å². The third kappa shape index (κ3) is 5.69. The molecule has 0 atom stereocenters. The van der Waals surface area contributed by atoms with Gasteiger partial charge in [0.05, 0.1) is 11.6 Å². The normalized spacial score (nSPS) is 17.0. The average Bonchev–Trinajstić information content (AvgIpc) is 2.99. The highest BCUT2D eigenvalue weighted by molar-refractivity contribution is 5.75.